The number of hydrogen-bond donors (Lipinski definition) is 1. The van der Waals surface area contributed by atoms with Gasteiger partial charge in [-0.25, -0.2) is 0 Å². The molecule has 0 aromatic heterocycles. The molecule has 2 atom stereocenters. The molecule has 0 aliphatic carbocycles. The van der Waals surface area contributed by atoms with E-state index in [2.05, 4.69) is 11.9 Å². The molecule has 0 bridgehead atoms. The van der Waals surface area contributed by atoms with Crippen molar-refractivity contribution < 1.29 is 14.6 Å². The molecule has 2 unspecified atom stereocenters. The van der Waals surface area contributed by atoms with Gasteiger partial charge >= 0.3 is 0 Å². The summed E-state index contributed by atoms with van der Waals surface area (Å²) in [4.78, 5) is 2.18. The van der Waals surface area contributed by atoms with E-state index in [1.807, 2.05) is 6.92 Å². The van der Waals surface area contributed by atoms with E-state index < -0.39 is 0 Å². The zero-order valence-corrected chi connectivity index (χ0v) is 10.5. The van der Waals surface area contributed by atoms with E-state index >= 15 is 0 Å². The molecule has 96 valence electrons. The van der Waals surface area contributed by atoms with Crippen LogP contribution in [0.25, 0.3) is 0 Å². The Bertz CT molecular complexity index is 170. The van der Waals surface area contributed by atoms with Crippen molar-refractivity contribution in [1.29, 1.82) is 0 Å². The topological polar surface area (TPSA) is 41.9 Å². The Morgan fingerprint density at radius 2 is 2.31 bits per heavy atom. The molecule has 1 fully saturated rings. The summed E-state index contributed by atoms with van der Waals surface area (Å²) in [6, 6.07) is 0. The van der Waals surface area contributed by atoms with Gasteiger partial charge in [0.2, 0.25) is 0 Å². The van der Waals surface area contributed by atoms with Crippen molar-refractivity contribution in [1.82, 2.24) is 4.90 Å². The molecule has 1 heterocycles. The molecule has 16 heavy (non-hydrogen) atoms. The fourth-order valence-electron chi connectivity index (χ4n) is 1.73. The highest BCUT2D eigenvalue weighted by atomic mass is 16.5. The Labute approximate surface area is 98.5 Å². The van der Waals surface area contributed by atoms with Crippen molar-refractivity contribution >= 4 is 0 Å². The minimum atomic E-state index is -0.213. The monoisotopic (exact) mass is 231 g/mol. The fourth-order valence-corrected chi connectivity index (χ4v) is 1.73. The van der Waals surface area contributed by atoms with E-state index in [4.69, 9.17) is 14.6 Å². The number of aliphatic hydroxyl groups excluding tert-OH is 1. The van der Waals surface area contributed by atoms with E-state index in [1.54, 1.807) is 0 Å². The third-order valence-electron chi connectivity index (χ3n) is 2.87. The van der Waals surface area contributed by atoms with Gasteiger partial charge in [-0.3, -0.25) is 0 Å². The highest BCUT2D eigenvalue weighted by Crippen LogP contribution is 2.11. The second-order valence-electron chi connectivity index (χ2n) is 4.65. The Balaban J connectivity index is 1.89. The molecule has 0 radical (unpaired) electrons. The van der Waals surface area contributed by atoms with Gasteiger partial charge < -0.3 is 19.5 Å². The minimum Gasteiger partial charge on any atom is -0.393 e. The molecule has 1 aliphatic heterocycles. The number of nitrogens with zero attached hydrogens (tertiary/aromatic N) is 1. The molecule has 0 spiro atoms. The van der Waals surface area contributed by atoms with E-state index in [9.17, 15) is 0 Å². The predicted octanol–water partition coefficient (Wildman–Crippen LogP) is 0.885. The lowest BCUT2D eigenvalue weighted by molar-refractivity contribution is 0.0115. The lowest BCUT2D eigenvalue weighted by Gasteiger charge is -2.18. The first-order valence-electron chi connectivity index (χ1n) is 6.24. The third kappa shape index (κ3) is 6.43. The van der Waals surface area contributed by atoms with Gasteiger partial charge in [0.1, 0.15) is 0 Å². The smallest absolute Gasteiger partial charge is 0.0809 e. The standard InChI is InChI=1S/C12H25NO3/c1-11(14)5-6-13(2)7-9-15-10-12-4-3-8-16-12/h11-12,14H,3-10H2,1-2H3. The van der Waals surface area contributed by atoms with Gasteiger partial charge in [-0.15, -0.1) is 0 Å². The lowest BCUT2D eigenvalue weighted by Crippen LogP contribution is -2.27. The first-order chi connectivity index (χ1) is 7.68. The number of rotatable bonds is 8. The Morgan fingerprint density at radius 1 is 1.50 bits per heavy atom. The van der Waals surface area contributed by atoms with Crippen LogP contribution in [0.3, 0.4) is 0 Å². The average molecular weight is 231 g/mol. The normalized spacial score (nSPS) is 22.9. The molecule has 0 aromatic rings. The predicted molar refractivity (Wildman–Crippen MR) is 63.6 cm³/mol. The SMILES string of the molecule is CC(O)CCN(C)CCOCC1CCCO1. The Morgan fingerprint density at radius 3 is 2.94 bits per heavy atom. The fraction of sp³-hybridized carbons (Fsp3) is 1.00. The van der Waals surface area contributed by atoms with Gasteiger partial charge in [0.15, 0.2) is 0 Å². The zero-order chi connectivity index (χ0) is 11.8. The third-order valence-corrected chi connectivity index (χ3v) is 2.87. The number of likely N-dealkylation sites (N-methyl/N-ethyl adjacent to an activating group) is 1. The van der Waals surface area contributed by atoms with Crippen LogP contribution >= 0.6 is 0 Å². The summed E-state index contributed by atoms with van der Waals surface area (Å²) in [7, 11) is 2.05. The zero-order valence-electron chi connectivity index (χ0n) is 10.5. The van der Waals surface area contributed by atoms with Crippen molar-refractivity contribution in [2.45, 2.75) is 38.4 Å². The highest BCUT2D eigenvalue weighted by Gasteiger charge is 2.15. The van der Waals surface area contributed by atoms with E-state index in [1.165, 1.54) is 6.42 Å². The van der Waals surface area contributed by atoms with Crippen molar-refractivity contribution in [3.05, 3.63) is 0 Å². The molecule has 1 saturated heterocycles. The first kappa shape index (κ1) is 13.9. The maximum Gasteiger partial charge on any atom is 0.0809 e. The maximum absolute atomic E-state index is 9.14. The van der Waals surface area contributed by atoms with Gasteiger partial charge in [-0.2, -0.15) is 0 Å². The van der Waals surface area contributed by atoms with E-state index in [-0.39, 0.29) is 6.10 Å². The summed E-state index contributed by atoms with van der Waals surface area (Å²) in [6.07, 6.45) is 3.24. The lowest BCUT2D eigenvalue weighted by atomic mass is 10.2. The first-order valence-corrected chi connectivity index (χ1v) is 6.24. The summed E-state index contributed by atoms with van der Waals surface area (Å²) < 4.78 is 11.0. The highest BCUT2D eigenvalue weighted by molar-refractivity contribution is 4.63. The molecular weight excluding hydrogens is 206 g/mol. The van der Waals surface area contributed by atoms with Gasteiger partial charge in [-0.1, -0.05) is 0 Å². The van der Waals surface area contributed by atoms with Crippen LogP contribution in [0.1, 0.15) is 26.2 Å². The summed E-state index contributed by atoms with van der Waals surface area (Å²) in [5.41, 5.74) is 0. The van der Waals surface area contributed by atoms with Gasteiger partial charge in [0.25, 0.3) is 0 Å². The second-order valence-corrected chi connectivity index (χ2v) is 4.65. The molecule has 0 amide bonds. The number of hydrogen-bond acceptors (Lipinski definition) is 4. The summed E-state index contributed by atoms with van der Waals surface area (Å²) >= 11 is 0. The number of ether oxygens (including phenoxy) is 2. The van der Waals surface area contributed by atoms with Crippen LogP contribution in [0.5, 0.6) is 0 Å². The quantitative estimate of drug-likeness (QED) is 0.630. The Kier molecular flexibility index (Phi) is 6.96. The molecule has 0 aromatic carbocycles. The largest absolute Gasteiger partial charge is 0.393 e. The van der Waals surface area contributed by atoms with Crippen LogP contribution in [0.15, 0.2) is 0 Å². The molecule has 0 saturated carbocycles. The van der Waals surface area contributed by atoms with Crippen LogP contribution < -0.4 is 0 Å². The average Bonchev–Trinajstić information content (AvgIpc) is 2.74. The van der Waals surface area contributed by atoms with Crippen molar-refractivity contribution in [2.24, 2.45) is 0 Å². The molecule has 1 N–H and O–H groups in total. The van der Waals surface area contributed by atoms with Crippen LogP contribution in [0, 0.1) is 0 Å². The summed E-state index contributed by atoms with van der Waals surface area (Å²) in [6.45, 7) is 6.02. The molecule has 1 aliphatic rings. The van der Waals surface area contributed by atoms with Gasteiger partial charge in [-0.05, 0) is 33.2 Å². The van der Waals surface area contributed by atoms with Crippen LogP contribution in [-0.2, 0) is 9.47 Å². The van der Waals surface area contributed by atoms with Crippen LogP contribution in [-0.4, -0.2) is 62.2 Å². The summed E-state index contributed by atoms with van der Waals surface area (Å²) in [5, 5.41) is 9.14. The van der Waals surface area contributed by atoms with Crippen LogP contribution in [0.4, 0.5) is 0 Å². The van der Waals surface area contributed by atoms with Crippen molar-refractivity contribution in [2.75, 3.05) is 40.0 Å². The van der Waals surface area contributed by atoms with E-state index in [0.29, 0.717) is 6.10 Å². The minimum absolute atomic E-state index is 0.213. The molecule has 4 nitrogen and oxygen atoms in total. The molecule has 4 heteroatoms. The number of aliphatic hydroxyl groups is 1. The maximum atomic E-state index is 9.14. The van der Waals surface area contributed by atoms with Gasteiger partial charge in [0, 0.05) is 19.7 Å². The second kappa shape index (κ2) is 8.01. The van der Waals surface area contributed by atoms with Crippen molar-refractivity contribution in [3.8, 4) is 0 Å². The molecular formula is C12H25NO3. The van der Waals surface area contributed by atoms with E-state index in [0.717, 1.165) is 45.8 Å². The Hall–Kier alpha value is -0.160. The molecule has 1 rings (SSSR count). The van der Waals surface area contributed by atoms with Gasteiger partial charge in [0.05, 0.1) is 25.4 Å². The van der Waals surface area contributed by atoms with Crippen LogP contribution in [0.2, 0.25) is 0 Å². The van der Waals surface area contributed by atoms with Crippen molar-refractivity contribution in [3.63, 3.8) is 0 Å². The summed E-state index contributed by atoms with van der Waals surface area (Å²) in [5.74, 6) is 0.